The summed E-state index contributed by atoms with van der Waals surface area (Å²) in [6.07, 6.45) is 1.32. The summed E-state index contributed by atoms with van der Waals surface area (Å²) in [5.74, 6) is -9.42. The Morgan fingerprint density at radius 3 is 2.59 bits per heavy atom. The second kappa shape index (κ2) is 14.2. The van der Waals surface area contributed by atoms with Gasteiger partial charge in [-0.25, -0.2) is 13.6 Å². The van der Waals surface area contributed by atoms with E-state index in [1.807, 2.05) is 13.8 Å². The highest BCUT2D eigenvalue weighted by Gasteiger charge is 2.61. The minimum Gasteiger partial charge on any atom is -0.461 e. The van der Waals surface area contributed by atoms with E-state index in [1.54, 1.807) is 24.3 Å². The van der Waals surface area contributed by atoms with E-state index in [1.165, 1.54) is 11.8 Å². The molecule has 44 heavy (non-hydrogen) atoms. The molecule has 1 aliphatic carbocycles. The first kappa shape index (κ1) is 33.6. The number of benzene rings is 1. The van der Waals surface area contributed by atoms with Gasteiger partial charge in [0.1, 0.15) is 12.1 Å². The maximum absolute atomic E-state index is 15.3. The lowest BCUT2D eigenvalue weighted by Crippen LogP contribution is -2.70. The number of esters is 1. The Labute approximate surface area is 260 Å². The molecular formula is C31H40ClF3N4O5. The summed E-state index contributed by atoms with van der Waals surface area (Å²) in [6.45, 7) is 5.67. The van der Waals surface area contributed by atoms with Crippen LogP contribution in [0.3, 0.4) is 0 Å². The summed E-state index contributed by atoms with van der Waals surface area (Å²) in [6, 6.07) is 2.33. The average Bonchev–Trinajstić information content (AvgIpc) is 3.35. The zero-order valence-electron chi connectivity index (χ0n) is 25.1. The number of alkyl halides is 2. The number of piperidine rings is 2. The first-order chi connectivity index (χ1) is 20.8. The standard InChI is InChI=1S/C31H40ClF3N4O5/c1-4-44-30(43)24(33)15-21(13-18-10-11-36-27(18)40)38-28(41)26-23-9-8-22(16-31(23,34)35)39(26)29(42)25(12-17(2)3)37-20-7-5-6-19(32)14-20/h5-7,14-15,17-18,21-23,25-26,37H,4,8-13,16H2,1-3H3,(H,36,40)(H,38,41)/t18?,21?,22?,23?,25-,26?/m1/s1. The molecule has 1 aromatic rings. The van der Waals surface area contributed by atoms with Crippen molar-refractivity contribution < 1.29 is 37.1 Å². The van der Waals surface area contributed by atoms with E-state index in [-0.39, 0.29) is 31.3 Å². The van der Waals surface area contributed by atoms with Crippen LogP contribution < -0.4 is 16.0 Å². The predicted molar refractivity (Wildman–Crippen MR) is 159 cm³/mol. The van der Waals surface area contributed by atoms with Crippen LogP contribution in [-0.4, -0.2) is 71.8 Å². The summed E-state index contributed by atoms with van der Waals surface area (Å²) < 4.78 is 50.1. The normalized spacial score (nSPS) is 25.8. The highest BCUT2D eigenvalue weighted by molar-refractivity contribution is 6.30. The van der Waals surface area contributed by atoms with Crippen LogP contribution in [0.4, 0.5) is 18.9 Å². The van der Waals surface area contributed by atoms with E-state index in [0.717, 1.165) is 6.08 Å². The molecule has 5 unspecified atom stereocenters. The van der Waals surface area contributed by atoms with E-state index in [4.69, 9.17) is 16.3 Å². The first-order valence-electron chi connectivity index (χ1n) is 15.1. The highest BCUT2D eigenvalue weighted by Crippen LogP contribution is 2.49. The van der Waals surface area contributed by atoms with Crippen molar-refractivity contribution >= 4 is 41.0 Å². The molecule has 3 amide bonds. The maximum atomic E-state index is 15.3. The Morgan fingerprint density at radius 1 is 1.23 bits per heavy atom. The van der Waals surface area contributed by atoms with Gasteiger partial charge in [0.2, 0.25) is 23.5 Å². The molecule has 0 radical (unpaired) electrons. The molecule has 3 aliphatic heterocycles. The molecule has 4 aliphatic rings. The van der Waals surface area contributed by atoms with E-state index in [9.17, 15) is 23.6 Å². The Bertz CT molecular complexity index is 1280. The monoisotopic (exact) mass is 640 g/mol. The molecule has 2 bridgehead atoms. The number of nitrogens with one attached hydrogen (secondary N) is 3. The zero-order valence-corrected chi connectivity index (χ0v) is 25.8. The Kier molecular flexibility index (Phi) is 10.9. The zero-order chi connectivity index (χ0) is 32.2. The number of fused-ring (bicyclic) bond motifs is 3. The molecule has 0 aromatic heterocycles. The van der Waals surface area contributed by atoms with Crippen molar-refractivity contribution in [3.63, 3.8) is 0 Å². The van der Waals surface area contributed by atoms with Crippen LogP contribution in [0.2, 0.25) is 5.02 Å². The van der Waals surface area contributed by atoms with Crippen LogP contribution in [0.25, 0.3) is 0 Å². The van der Waals surface area contributed by atoms with Crippen molar-refractivity contribution in [3.05, 3.63) is 41.2 Å². The van der Waals surface area contributed by atoms with Crippen molar-refractivity contribution in [2.24, 2.45) is 17.8 Å². The molecule has 242 valence electrons. The molecule has 0 spiro atoms. The minimum absolute atomic E-state index is 0.0266. The Hall–Kier alpha value is -3.28. The van der Waals surface area contributed by atoms with E-state index < -0.39 is 72.0 Å². The summed E-state index contributed by atoms with van der Waals surface area (Å²) in [5, 5.41) is 8.90. The third-order valence-electron chi connectivity index (χ3n) is 8.48. The number of rotatable bonds is 12. The predicted octanol–water partition coefficient (Wildman–Crippen LogP) is 4.61. The van der Waals surface area contributed by atoms with Crippen molar-refractivity contribution in [3.8, 4) is 0 Å². The molecular weight excluding hydrogens is 601 g/mol. The van der Waals surface area contributed by atoms with Crippen molar-refractivity contribution in [2.75, 3.05) is 18.5 Å². The lowest BCUT2D eigenvalue weighted by molar-refractivity contribution is -0.194. The van der Waals surface area contributed by atoms with Gasteiger partial charge in [-0.05, 0) is 69.2 Å². The molecule has 3 saturated heterocycles. The number of halogens is 4. The fraction of sp³-hybridized carbons (Fsp3) is 0.613. The number of anilines is 1. The number of hydrogen-bond acceptors (Lipinski definition) is 6. The second-order valence-electron chi connectivity index (χ2n) is 12.2. The highest BCUT2D eigenvalue weighted by atomic mass is 35.5. The fourth-order valence-electron chi connectivity index (χ4n) is 6.53. The van der Waals surface area contributed by atoms with Crippen molar-refractivity contribution in [1.82, 2.24) is 15.5 Å². The quantitative estimate of drug-likeness (QED) is 0.227. The van der Waals surface area contributed by atoms with Gasteiger partial charge in [-0.3, -0.25) is 14.4 Å². The van der Waals surface area contributed by atoms with E-state index in [0.29, 0.717) is 36.5 Å². The van der Waals surface area contributed by atoms with Gasteiger partial charge in [0.25, 0.3) is 5.92 Å². The first-order valence-corrected chi connectivity index (χ1v) is 15.5. The van der Waals surface area contributed by atoms with Crippen molar-refractivity contribution in [1.29, 1.82) is 0 Å². The number of carbonyl (C=O) groups excluding carboxylic acids is 4. The number of hydrogen-bond donors (Lipinski definition) is 3. The van der Waals surface area contributed by atoms with Crippen LogP contribution in [0.15, 0.2) is 36.2 Å². The van der Waals surface area contributed by atoms with Crippen molar-refractivity contribution in [2.45, 2.75) is 89.4 Å². The van der Waals surface area contributed by atoms with Gasteiger partial charge in [0.05, 0.1) is 18.6 Å². The molecule has 13 heteroatoms. The lowest BCUT2D eigenvalue weighted by Gasteiger charge is -2.54. The largest absolute Gasteiger partial charge is 0.461 e. The van der Waals surface area contributed by atoms with Crippen LogP contribution in [-0.2, 0) is 23.9 Å². The minimum atomic E-state index is -3.21. The summed E-state index contributed by atoms with van der Waals surface area (Å²) in [7, 11) is 0. The number of amides is 3. The summed E-state index contributed by atoms with van der Waals surface area (Å²) >= 11 is 6.14. The Balaban J connectivity index is 1.65. The number of ether oxygens (including phenoxy) is 1. The Morgan fingerprint density at radius 2 is 1.98 bits per heavy atom. The number of carbonyl (C=O) groups is 4. The molecule has 9 nitrogen and oxygen atoms in total. The van der Waals surface area contributed by atoms with E-state index in [2.05, 4.69) is 16.0 Å². The smallest absolute Gasteiger partial charge is 0.366 e. The van der Waals surface area contributed by atoms with Crippen LogP contribution in [0, 0.1) is 17.8 Å². The lowest BCUT2D eigenvalue weighted by atomic mass is 9.71. The molecule has 1 aromatic carbocycles. The van der Waals surface area contributed by atoms with Crippen LogP contribution in [0.1, 0.15) is 59.3 Å². The topological polar surface area (TPSA) is 117 Å². The molecule has 6 atom stereocenters. The third-order valence-corrected chi connectivity index (χ3v) is 8.71. The molecule has 3 heterocycles. The maximum Gasteiger partial charge on any atom is 0.366 e. The average molecular weight is 641 g/mol. The van der Waals surface area contributed by atoms with Gasteiger partial charge in [-0.1, -0.05) is 31.5 Å². The SMILES string of the molecule is CCOC(=O)C(F)=CC(CC1CCNC1=O)NC(=O)C1C2CCC(CC2(F)F)N1C(=O)[C@@H](CC(C)C)Nc1cccc(Cl)c1. The van der Waals surface area contributed by atoms with Gasteiger partial charge in [-0.15, -0.1) is 0 Å². The van der Waals surface area contributed by atoms with Gasteiger partial charge in [0, 0.05) is 35.6 Å². The summed E-state index contributed by atoms with van der Waals surface area (Å²) in [5.41, 5.74) is 0.569. The van der Waals surface area contributed by atoms with E-state index >= 15 is 8.78 Å². The summed E-state index contributed by atoms with van der Waals surface area (Å²) in [4.78, 5) is 53.7. The van der Waals surface area contributed by atoms with Gasteiger partial charge in [-0.2, -0.15) is 4.39 Å². The third kappa shape index (κ3) is 7.86. The van der Waals surface area contributed by atoms with Crippen LogP contribution >= 0.6 is 11.6 Å². The molecule has 4 fully saturated rings. The fourth-order valence-corrected chi connectivity index (χ4v) is 6.72. The number of nitrogens with zero attached hydrogens (tertiary/aromatic N) is 1. The van der Waals surface area contributed by atoms with Gasteiger partial charge < -0.3 is 25.6 Å². The molecule has 1 saturated carbocycles. The molecule has 5 rings (SSSR count). The van der Waals surface area contributed by atoms with Gasteiger partial charge >= 0.3 is 5.97 Å². The van der Waals surface area contributed by atoms with Crippen LogP contribution in [0.5, 0.6) is 0 Å². The van der Waals surface area contributed by atoms with Gasteiger partial charge in [0.15, 0.2) is 0 Å². The second-order valence-corrected chi connectivity index (χ2v) is 12.6. The molecule has 3 N–H and O–H groups in total.